The summed E-state index contributed by atoms with van der Waals surface area (Å²) >= 11 is 7.48. The van der Waals surface area contributed by atoms with Gasteiger partial charge in [0.2, 0.25) is 5.91 Å². The van der Waals surface area contributed by atoms with Gasteiger partial charge in [-0.25, -0.2) is 4.79 Å². The minimum absolute atomic E-state index is 0.237. The Bertz CT molecular complexity index is 744. The van der Waals surface area contributed by atoms with Gasteiger partial charge in [0.05, 0.1) is 13.1 Å². The lowest BCUT2D eigenvalue weighted by Crippen LogP contribution is -2.50. The zero-order valence-electron chi connectivity index (χ0n) is 15.0. The van der Waals surface area contributed by atoms with Crippen LogP contribution in [0.4, 0.5) is 4.79 Å². The molecule has 0 aliphatic carbocycles. The molecule has 144 valence electrons. The van der Waals surface area contributed by atoms with Gasteiger partial charge in [-0.2, -0.15) is 0 Å². The van der Waals surface area contributed by atoms with Gasteiger partial charge in [0.25, 0.3) is 0 Å². The molecule has 2 N–H and O–H groups in total. The lowest BCUT2D eigenvalue weighted by atomic mass is 10.2. The van der Waals surface area contributed by atoms with Crippen molar-refractivity contribution in [2.24, 2.45) is 0 Å². The molecule has 2 heterocycles. The Morgan fingerprint density at radius 1 is 1.04 bits per heavy atom. The number of halogens is 1. The Labute approximate surface area is 168 Å². The van der Waals surface area contributed by atoms with Gasteiger partial charge in [-0.15, -0.1) is 11.3 Å². The maximum absolute atomic E-state index is 12.1. The number of amides is 3. The Kier molecular flexibility index (Phi) is 7.23. The highest BCUT2D eigenvalue weighted by molar-refractivity contribution is 7.09. The second-order valence-electron chi connectivity index (χ2n) is 6.49. The third-order valence-corrected chi connectivity index (χ3v) is 5.54. The third-order valence-electron chi connectivity index (χ3n) is 4.41. The van der Waals surface area contributed by atoms with E-state index in [-0.39, 0.29) is 12.5 Å². The molecular weight excluding hydrogens is 384 g/mol. The summed E-state index contributed by atoms with van der Waals surface area (Å²) in [5.41, 5.74) is 1.23. The van der Waals surface area contributed by atoms with Crippen molar-refractivity contribution in [2.45, 2.75) is 13.1 Å². The second kappa shape index (κ2) is 9.85. The van der Waals surface area contributed by atoms with Crippen molar-refractivity contribution < 1.29 is 9.59 Å². The molecule has 27 heavy (non-hydrogen) atoms. The molecule has 0 spiro atoms. The first-order valence-corrected chi connectivity index (χ1v) is 10.1. The van der Waals surface area contributed by atoms with Crippen molar-refractivity contribution in [2.75, 3.05) is 32.7 Å². The zero-order valence-corrected chi connectivity index (χ0v) is 16.6. The fourth-order valence-corrected chi connectivity index (χ4v) is 3.72. The standard InChI is InChI=1S/C19H23ClN4O2S/c20-16-5-3-15(4-6-16)13-23-7-9-24(10-8-23)14-18(25)22-19(26)21-12-17-2-1-11-27-17/h1-6,11H,7-10,12-14H2,(H2,21,22,25,26). The van der Waals surface area contributed by atoms with Crippen LogP contribution in [0.25, 0.3) is 0 Å². The molecule has 6 nitrogen and oxygen atoms in total. The van der Waals surface area contributed by atoms with Crippen molar-refractivity contribution in [1.29, 1.82) is 0 Å². The van der Waals surface area contributed by atoms with Crippen molar-refractivity contribution in [1.82, 2.24) is 20.4 Å². The number of thiophene rings is 1. The van der Waals surface area contributed by atoms with Gasteiger partial charge in [-0.05, 0) is 29.1 Å². The highest BCUT2D eigenvalue weighted by Gasteiger charge is 2.19. The van der Waals surface area contributed by atoms with E-state index in [1.807, 2.05) is 41.8 Å². The topological polar surface area (TPSA) is 64.7 Å². The Hall–Kier alpha value is -1.93. The fourth-order valence-electron chi connectivity index (χ4n) is 2.95. The number of carbonyl (C=O) groups is 2. The third kappa shape index (κ3) is 6.62. The normalized spacial score (nSPS) is 15.4. The van der Waals surface area contributed by atoms with E-state index in [1.54, 1.807) is 11.3 Å². The van der Waals surface area contributed by atoms with Crippen molar-refractivity contribution in [3.63, 3.8) is 0 Å². The average molecular weight is 407 g/mol. The van der Waals surface area contributed by atoms with E-state index in [9.17, 15) is 9.59 Å². The first kappa shape index (κ1) is 19.8. The lowest BCUT2D eigenvalue weighted by molar-refractivity contribution is -0.121. The quantitative estimate of drug-likeness (QED) is 0.773. The molecular formula is C19H23ClN4O2S. The molecule has 3 rings (SSSR count). The summed E-state index contributed by atoms with van der Waals surface area (Å²) in [6, 6.07) is 11.3. The number of benzene rings is 1. The molecule has 1 aliphatic heterocycles. The summed E-state index contributed by atoms with van der Waals surface area (Å²) in [7, 11) is 0. The van der Waals surface area contributed by atoms with Crippen LogP contribution < -0.4 is 10.6 Å². The minimum Gasteiger partial charge on any atom is -0.333 e. The van der Waals surface area contributed by atoms with Crippen LogP contribution in [0, 0.1) is 0 Å². The number of piperazine rings is 1. The number of hydrogen-bond donors (Lipinski definition) is 2. The van der Waals surface area contributed by atoms with Gasteiger partial charge < -0.3 is 5.32 Å². The molecule has 0 saturated carbocycles. The minimum atomic E-state index is -0.449. The number of nitrogens with zero attached hydrogens (tertiary/aromatic N) is 2. The van der Waals surface area contributed by atoms with E-state index in [4.69, 9.17) is 11.6 Å². The van der Waals surface area contributed by atoms with Crippen molar-refractivity contribution >= 4 is 34.9 Å². The van der Waals surface area contributed by atoms with Crippen LogP contribution in [0.1, 0.15) is 10.4 Å². The van der Waals surface area contributed by atoms with Gasteiger partial charge in [0, 0.05) is 42.6 Å². The molecule has 1 aliphatic rings. The van der Waals surface area contributed by atoms with E-state index >= 15 is 0 Å². The summed E-state index contributed by atoms with van der Waals surface area (Å²) in [4.78, 5) is 29.3. The Morgan fingerprint density at radius 3 is 2.41 bits per heavy atom. The number of hydrogen-bond acceptors (Lipinski definition) is 5. The van der Waals surface area contributed by atoms with Crippen molar-refractivity contribution in [3.8, 4) is 0 Å². The molecule has 0 unspecified atom stereocenters. The maximum Gasteiger partial charge on any atom is 0.321 e. The van der Waals surface area contributed by atoms with E-state index in [1.165, 1.54) is 5.56 Å². The maximum atomic E-state index is 12.1. The first-order chi connectivity index (χ1) is 13.1. The molecule has 1 fully saturated rings. The van der Waals surface area contributed by atoms with E-state index in [0.717, 1.165) is 42.6 Å². The van der Waals surface area contributed by atoms with Crippen LogP contribution in [0.2, 0.25) is 5.02 Å². The predicted molar refractivity (Wildman–Crippen MR) is 108 cm³/mol. The number of carbonyl (C=O) groups excluding carboxylic acids is 2. The SMILES string of the molecule is O=C(CN1CCN(Cc2ccc(Cl)cc2)CC1)NC(=O)NCc1cccs1. The predicted octanol–water partition coefficient (Wildman–Crippen LogP) is 2.55. The van der Waals surface area contributed by atoms with Crippen LogP contribution in [0.3, 0.4) is 0 Å². The lowest BCUT2D eigenvalue weighted by Gasteiger charge is -2.34. The summed E-state index contributed by atoms with van der Waals surface area (Å²) in [5, 5.41) is 7.78. The summed E-state index contributed by atoms with van der Waals surface area (Å²) in [6.45, 7) is 4.93. The summed E-state index contributed by atoms with van der Waals surface area (Å²) in [6.07, 6.45) is 0. The monoisotopic (exact) mass is 406 g/mol. The Balaban J connectivity index is 1.34. The highest BCUT2D eigenvalue weighted by atomic mass is 35.5. The molecule has 0 bridgehead atoms. The number of nitrogens with one attached hydrogen (secondary N) is 2. The van der Waals surface area contributed by atoms with Gasteiger partial charge in [0.1, 0.15) is 0 Å². The van der Waals surface area contributed by atoms with Crippen LogP contribution in [-0.4, -0.2) is 54.5 Å². The fraction of sp³-hybridized carbons (Fsp3) is 0.368. The first-order valence-electron chi connectivity index (χ1n) is 8.88. The number of imide groups is 1. The van der Waals surface area contributed by atoms with E-state index in [2.05, 4.69) is 20.4 Å². The van der Waals surface area contributed by atoms with Gasteiger partial charge in [0.15, 0.2) is 0 Å². The summed E-state index contributed by atoms with van der Waals surface area (Å²) < 4.78 is 0. The Morgan fingerprint density at radius 2 is 1.74 bits per heavy atom. The second-order valence-corrected chi connectivity index (χ2v) is 7.96. The molecule has 3 amide bonds. The van der Waals surface area contributed by atoms with Gasteiger partial charge in [-0.1, -0.05) is 29.8 Å². The van der Waals surface area contributed by atoms with E-state index < -0.39 is 6.03 Å². The smallest absolute Gasteiger partial charge is 0.321 e. The largest absolute Gasteiger partial charge is 0.333 e. The molecule has 1 aromatic heterocycles. The molecule has 0 atom stereocenters. The van der Waals surface area contributed by atoms with Crippen LogP contribution in [0.15, 0.2) is 41.8 Å². The van der Waals surface area contributed by atoms with Crippen LogP contribution >= 0.6 is 22.9 Å². The summed E-state index contributed by atoms with van der Waals surface area (Å²) in [5.74, 6) is -0.273. The molecule has 0 radical (unpaired) electrons. The van der Waals surface area contributed by atoms with Crippen LogP contribution in [-0.2, 0) is 17.9 Å². The molecule has 1 aromatic carbocycles. The average Bonchev–Trinajstić information content (AvgIpc) is 3.17. The number of rotatable bonds is 6. The number of urea groups is 1. The molecule has 8 heteroatoms. The molecule has 2 aromatic rings. The van der Waals surface area contributed by atoms with Crippen LogP contribution in [0.5, 0.6) is 0 Å². The van der Waals surface area contributed by atoms with E-state index in [0.29, 0.717) is 6.54 Å². The van der Waals surface area contributed by atoms with Gasteiger partial charge in [-0.3, -0.25) is 19.9 Å². The highest BCUT2D eigenvalue weighted by Crippen LogP contribution is 2.13. The molecule has 1 saturated heterocycles. The van der Waals surface area contributed by atoms with Gasteiger partial charge >= 0.3 is 6.03 Å². The van der Waals surface area contributed by atoms with Crippen molar-refractivity contribution in [3.05, 3.63) is 57.2 Å². The zero-order chi connectivity index (χ0) is 19.1.